The minimum absolute atomic E-state index is 0.0000140. The van der Waals surface area contributed by atoms with E-state index in [1.54, 1.807) is 4.68 Å². The number of hydrogen-bond donors (Lipinski definition) is 0. The molecular weight excluding hydrogens is 388 g/mol. The van der Waals surface area contributed by atoms with Crippen molar-refractivity contribution in [2.75, 3.05) is 26.2 Å². The van der Waals surface area contributed by atoms with E-state index < -0.39 is 21.6 Å². The highest BCUT2D eigenvalue weighted by Gasteiger charge is 2.55. The molecule has 28 heavy (non-hydrogen) atoms. The third-order valence-corrected chi connectivity index (χ3v) is 7.33. The van der Waals surface area contributed by atoms with Gasteiger partial charge in [0.05, 0.1) is 11.4 Å². The molecule has 7 nitrogen and oxygen atoms in total. The molecule has 0 N–H and O–H groups in total. The molecule has 1 spiro atoms. The summed E-state index contributed by atoms with van der Waals surface area (Å²) in [6.07, 6.45) is 1.90. The van der Waals surface area contributed by atoms with Crippen LogP contribution in [0.4, 0.5) is 8.78 Å². The molecule has 0 unspecified atom stereocenters. The van der Waals surface area contributed by atoms with Crippen LogP contribution in [0.2, 0.25) is 0 Å². The van der Waals surface area contributed by atoms with Crippen molar-refractivity contribution in [2.45, 2.75) is 31.2 Å². The normalized spacial score (nSPS) is 20.2. The number of alkyl halides is 2. The van der Waals surface area contributed by atoms with E-state index in [-0.39, 0.29) is 16.0 Å². The van der Waals surface area contributed by atoms with Crippen LogP contribution in [0.15, 0.2) is 29.3 Å². The quantitative estimate of drug-likeness (QED) is 0.750. The third kappa shape index (κ3) is 3.33. The largest absolute Gasteiger partial charge is 0.296 e. The number of rotatable bonds is 5. The maximum atomic E-state index is 13.4. The van der Waals surface area contributed by atoms with Gasteiger partial charge in [-0.25, -0.2) is 8.42 Å². The smallest absolute Gasteiger partial charge is 0.286 e. The third-order valence-electron chi connectivity index (χ3n) is 5.40. The van der Waals surface area contributed by atoms with E-state index in [2.05, 4.69) is 15.0 Å². The number of aromatic nitrogens is 3. The Labute approximate surface area is 163 Å². The number of sulfonamides is 1. The first-order chi connectivity index (χ1) is 13.0. The van der Waals surface area contributed by atoms with Gasteiger partial charge in [0.25, 0.3) is 5.92 Å². The summed E-state index contributed by atoms with van der Waals surface area (Å²) in [6.45, 7) is 5.50. The van der Waals surface area contributed by atoms with Gasteiger partial charge in [0, 0.05) is 58.3 Å². The summed E-state index contributed by atoms with van der Waals surface area (Å²) in [5.74, 6) is -3.10. The standard InChI is InChI=1S/C18H23F2N5O2S/c1-13-15(4-5-16(21-13)17(2,19)20)28(26,27)25-11-18(12-25)9-24(10-18)8-14-6-7-23(3)22-14/h4-7H,8-12H2,1-3H3. The Morgan fingerprint density at radius 2 is 1.86 bits per heavy atom. The molecule has 2 saturated heterocycles. The van der Waals surface area contributed by atoms with E-state index >= 15 is 0 Å². The highest BCUT2D eigenvalue weighted by Crippen LogP contribution is 2.43. The molecule has 2 aliphatic rings. The summed E-state index contributed by atoms with van der Waals surface area (Å²) in [7, 11) is -1.85. The highest BCUT2D eigenvalue weighted by atomic mass is 32.2. The van der Waals surface area contributed by atoms with Gasteiger partial charge in [-0.1, -0.05) is 0 Å². The zero-order valence-corrected chi connectivity index (χ0v) is 16.9. The number of nitrogens with zero attached hydrogens (tertiary/aromatic N) is 5. The van der Waals surface area contributed by atoms with Crippen LogP contribution in [0, 0.1) is 12.3 Å². The molecule has 0 radical (unpaired) electrons. The molecule has 0 aromatic carbocycles. The maximum absolute atomic E-state index is 13.4. The first-order valence-corrected chi connectivity index (χ1v) is 10.5. The number of likely N-dealkylation sites (tertiary alicyclic amines) is 1. The molecule has 0 bridgehead atoms. The summed E-state index contributed by atoms with van der Waals surface area (Å²) < 4.78 is 55.8. The van der Waals surface area contributed by atoms with Crippen molar-refractivity contribution in [3.8, 4) is 0 Å². The number of halogens is 2. The fourth-order valence-electron chi connectivity index (χ4n) is 4.07. The summed E-state index contributed by atoms with van der Waals surface area (Å²) >= 11 is 0. The van der Waals surface area contributed by atoms with E-state index in [0.29, 0.717) is 13.1 Å². The van der Waals surface area contributed by atoms with Crippen LogP contribution >= 0.6 is 0 Å². The van der Waals surface area contributed by atoms with Crippen molar-refractivity contribution in [1.82, 2.24) is 24.0 Å². The van der Waals surface area contributed by atoms with Crippen LogP contribution in [-0.4, -0.2) is 58.6 Å². The van der Waals surface area contributed by atoms with Gasteiger partial charge < -0.3 is 0 Å². The molecule has 10 heteroatoms. The van der Waals surface area contributed by atoms with Crippen LogP contribution < -0.4 is 0 Å². The molecular formula is C18H23F2N5O2S. The lowest BCUT2D eigenvalue weighted by Crippen LogP contribution is -2.72. The number of aryl methyl sites for hydroxylation is 2. The molecule has 0 saturated carbocycles. The van der Waals surface area contributed by atoms with Gasteiger partial charge >= 0.3 is 0 Å². The average Bonchev–Trinajstić information content (AvgIpc) is 2.92. The van der Waals surface area contributed by atoms with Crippen molar-refractivity contribution in [1.29, 1.82) is 0 Å². The zero-order chi connectivity index (χ0) is 20.3. The lowest BCUT2D eigenvalue weighted by molar-refractivity contribution is -0.0852. The van der Waals surface area contributed by atoms with Crippen molar-refractivity contribution in [3.63, 3.8) is 0 Å². The minimum Gasteiger partial charge on any atom is -0.296 e. The van der Waals surface area contributed by atoms with E-state index in [1.807, 2.05) is 19.3 Å². The van der Waals surface area contributed by atoms with Crippen molar-refractivity contribution < 1.29 is 17.2 Å². The number of hydrogen-bond acceptors (Lipinski definition) is 5. The predicted molar refractivity (Wildman–Crippen MR) is 98.2 cm³/mol. The van der Waals surface area contributed by atoms with E-state index in [0.717, 1.165) is 38.3 Å². The highest BCUT2D eigenvalue weighted by molar-refractivity contribution is 7.89. The van der Waals surface area contributed by atoms with E-state index in [4.69, 9.17) is 0 Å². The van der Waals surface area contributed by atoms with Crippen molar-refractivity contribution in [3.05, 3.63) is 41.5 Å². The maximum Gasteiger partial charge on any atom is 0.286 e. The minimum atomic E-state index is -3.72. The van der Waals surface area contributed by atoms with E-state index in [1.165, 1.54) is 17.3 Å². The summed E-state index contributed by atoms with van der Waals surface area (Å²) in [5.41, 5.74) is 0.661. The lowest BCUT2D eigenvalue weighted by Gasteiger charge is -2.59. The zero-order valence-electron chi connectivity index (χ0n) is 16.1. The Balaban J connectivity index is 1.39. The van der Waals surface area contributed by atoms with E-state index in [9.17, 15) is 17.2 Å². The Hall–Kier alpha value is -1.91. The monoisotopic (exact) mass is 411 g/mol. The first kappa shape index (κ1) is 19.4. The molecule has 2 aromatic rings. The Morgan fingerprint density at radius 3 is 2.39 bits per heavy atom. The molecule has 2 aromatic heterocycles. The average molecular weight is 411 g/mol. The van der Waals surface area contributed by atoms with Crippen LogP contribution in [0.5, 0.6) is 0 Å². The van der Waals surface area contributed by atoms with Crippen LogP contribution in [0.1, 0.15) is 24.0 Å². The summed E-state index contributed by atoms with van der Waals surface area (Å²) in [5, 5.41) is 4.36. The number of pyridine rings is 1. The summed E-state index contributed by atoms with van der Waals surface area (Å²) in [6, 6.07) is 4.30. The molecule has 4 heterocycles. The lowest BCUT2D eigenvalue weighted by atomic mass is 9.74. The molecule has 0 aliphatic carbocycles. The second-order valence-electron chi connectivity index (χ2n) is 8.07. The van der Waals surface area contributed by atoms with Gasteiger partial charge in [0.15, 0.2) is 0 Å². The molecule has 0 amide bonds. The molecule has 152 valence electrons. The molecule has 2 aliphatic heterocycles. The van der Waals surface area contributed by atoms with Crippen LogP contribution in [0.3, 0.4) is 0 Å². The van der Waals surface area contributed by atoms with Gasteiger partial charge in [-0.05, 0) is 25.1 Å². The Morgan fingerprint density at radius 1 is 1.18 bits per heavy atom. The van der Waals surface area contributed by atoms with Gasteiger partial charge in [0.1, 0.15) is 10.6 Å². The molecule has 4 rings (SSSR count). The van der Waals surface area contributed by atoms with Crippen molar-refractivity contribution >= 4 is 10.0 Å². The van der Waals surface area contributed by atoms with Gasteiger partial charge in [-0.15, -0.1) is 0 Å². The Kier molecular flexibility index (Phi) is 4.36. The molecule has 2 fully saturated rings. The molecule has 0 atom stereocenters. The van der Waals surface area contributed by atoms with Crippen LogP contribution in [-0.2, 0) is 29.5 Å². The van der Waals surface area contributed by atoms with Gasteiger partial charge in [-0.2, -0.15) is 18.2 Å². The second kappa shape index (κ2) is 6.30. The second-order valence-corrected chi connectivity index (χ2v) is 9.97. The van der Waals surface area contributed by atoms with Gasteiger partial charge in [-0.3, -0.25) is 14.6 Å². The summed E-state index contributed by atoms with van der Waals surface area (Å²) in [4.78, 5) is 6.06. The van der Waals surface area contributed by atoms with Crippen LogP contribution in [0.25, 0.3) is 0 Å². The Bertz CT molecular complexity index is 1000. The SMILES string of the molecule is Cc1nc(C(C)(F)F)ccc1S(=O)(=O)N1CC2(CN(Cc3ccn(C)n3)C2)C1. The van der Waals surface area contributed by atoms with Gasteiger partial charge in [0.2, 0.25) is 10.0 Å². The van der Waals surface area contributed by atoms with Crippen molar-refractivity contribution in [2.24, 2.45) is 12.5 Å². The topological polar surface area (TPSA) is 71.3 Å². The fraction of sp³-hybridized carbons (Fsp3) is 0.556. The first-order valence-electron chi connectivity index (χ1n) is 9.06. The predicted octanol–water partition coefficient (Wildman–Crippen LogP) is 1.74. The fourth-order valence-corrected chi connectivity index (χ4v) is 5.89.